The molecule has 2 aliphatic rings. The normalized spacial score (nSPS) is 30.1. The number of hydrogen-bond donors (Lipinski definition) is 2. The second-order valence-corrected chi connectivity index (χ2v) is 9.61. The zero-order chi connectivity index (χ0) is 18.8. The molecule has 1 saturated heterocycles. The summed E-state index contributed by atoms with van der Waals surface area (Å²) >= 11 is 1.84. The summed E-state index contributed by atoms with van der Waals surface area (Å²) in [6.07, 6.45) is 7.23. The largest absolute Gasteiger partial charge is 0.348 e. The molecule has 4 rings (SSSR count). The lowest BCUT2D eigenvalue weighted by molar-refractivity contribution is -0.919. The SMILES string of the molecule is C[C@H](C(=O)N[C@H]1CCCC[C@@H]1C)[NH+]1CCC(c2nc3ccccc3s2)CC1. The number of thiazole rings is 1. The minimum Gasteiger partial charge on any atom is -0.348 e. The van der Waals surface area contributed by atoms with Gasteiger partial charge < -0.3 is 10.2 Å². The number of piperidine rings is 1. The summed E-state index contributed by atoms with van der Waals surface area (Å²) in [5.41, 5.74) is 1.13. The minimum absolute atomic E-state index is 0.0513. The van der Waals surface area contributed by atoms with Crippen LogP contribution in [0.15, 0.2) is 24.3 Å². The molecule has 146 valence electrons. The first-order chi connectivity index (χ1) is 13.1. The molecule has 0 unspecified atom stereocenters. The maximum absolute atomic E-state index is 12.8. The van der Waals surface area contributed by atoms with Gasteiger partial charge in [-0.25, -0.2) is 4.98 Å². The van der Waals surface area contributed by atoms with Crippen LogP contribution in [0.25, 0.3) is 10.2 Å². The van der Waals surface area contributed by atoms with Gasteiger partial charge in [0.15, 0.2) is 6.04 Å². The van der Waals surface area contributed by atoms with Crippen LogP contribution in [0.5, 0.6) is 0 Å². The topological polar surface area (TPSA) is 46.4 Å². The molecule has 27 heavy (non-hydrogen) atoms. The number of amides is 1. The van der Waals surface area contributed by atoms with Gasteiger partial charge in [0.2, 0.25) is 0 Å². The average Bonchev–Trinajstić information content (AvgIpc) is 3.13. The van der Waals surface area contributed by atoms with E-state index < -0.39 is 0 Å². The second kappa shape index (κ2) is 8.27. The monoisotopic (exact) mass is 386 g/mol. The van der Waals surface area contributed by atoms with E-state index in [0.717, 1.165) is 37.9 Å². The van der Waals surface area contributed by atoms with E-state index in [1.54, 1.807) is 0 Å². The van der Waals surface area contributed by atoms with Gasteiger partial charge in [0.1, 0.15) is 0 Å². The lowest BCUT2D eigenvalue weighted by Gasteiger charge is -2.34. The van der Waals surface area contributed by atoms with Crippen LogP contribution in [0.4, 0.5) is 0 Å². The smallest absolute Gasteiger partial charge is 0.278 e. The first-order valence-corrected chi connectivity index (χ1v) is 11.4. The van der Waals surface area contributed by atoms with Crippen molar-refractivity contribution in [1.29, 1.82) is 0 Å². The molecule has 1 aliphatic carbocycles. The zero-order valence-electron chi connectivity index (χ0n) is 16.5. The Labute approximate surface area is 166 Å². The van der Waals surface area contributed by atoms with Crippen molar-refractivity contribution in [3.8, 4) is 0 Å². The summed E-state index contributed by atoms with van der Waals surface area (Å²) in [6, 6.07) is 8.85. The van der Waals surface area contributed by atoms with Gasteiger partial charge >= 0.3 is 0 Å². The van der Waals surface area contributed by atoms with E-state index in [9.17, 15) is 4.79 Å². The molecule has 4 nitrogen and oxygen atoms in total. The van der Waals surface area contributed by atoms with Crippen LogP contribution in [0.1, 0.15) is 63.3 Å². The number of fused-ring (bicyclic) bond motifs is 1. The molecule has 1 aliphatic heterocycles. The van der Waals surface area contributed by atoms with E-state index in [1.807, 2.05) is 11.3 Å². The van der Waals surface area contributed by atoms with E-state index in [0.29, 0.717) is 17.9 Å². The summed E-state index contributed by atoms with van der Waals surface area (Å²) in [5, 5.41) is 4.64. The Kier molecular flexibility index (Phi) is 5.79. The van der Waals surface area contributed by atoms with Crippen LogP contribution in [-0.2, 0) is 4.79 Å². The molecule has 0 spiro atoms. The third-order valence-electron chi connectivity index (χ3n) is 6.73. The Morgan fingerprint density at radius 2 is 1.93 bits per heavy atom. The molecule has 2 fully saturated rings. The molecular formula is C22H32N3OS+. The van der Waals surface area contributed by atoms with Crippen molar-refractivity contribution in [3.05, 3.63) is 29.3 Å². The van der Waals surface area contributed by atoms with Crippen LogP contribution in [-0.4, -0.2) is 36.1 Å². The molecule has 3 atom stereocenters. The second-order valence-electron chi connectivity index (χ2n) is 8.55. The maximum atomic E-state index is 12.8. The Hall–Kier alpha value is -1.46. The molecule has 2 N–H and O–H groups in total. The van der Waals surface area contributed by atoms with Crippen molar-refractivity contribution in [3.63, 3.8) is 0 Å². The highest BCUT2D eigenvalue weighted by molar-refractivity contribution is 7.18. The molecule has 1 amide bonds. The van der Waals surface area contributed by atoms with E-state index in [-0.39, 0.29) is 11.9 Å². The lowest BCUT2D eigenvalue weighted by atomic mass is 9.86. The number of nitrogens with one attached hydrogen (secondary N) is 2. The van der Waals surface area contributed by atoms with E-state index in [1.165, 1.54) is 33.9 Å². The van der Waals surface area contributed by atoms with Crippen LogP contribution < -0.4 is 10.2 Å². The van der Waals surface area contributed by atoms with Crippen LogP contribution in [0, 0.1) is 5.92 Å². The van der Waals surface area contributed by atoms with Gasteiger partial charge in [-0.3, -0.25) is 4.79 Å². The minimum atomic E-state index is 0.0513. The molecule has 1 saturated carbocycles. The predicted octanol–water partition coefficient (Wildman–Crippen LogP) is 3.14. The first kappa shape index (κ1) is 18.9. The Morgan fingerprint density at radius 1 is 1.19 bits per heavy atom. The summed E-state index contributed by atoms with van der Waals surface area (Å²) < 4.78 is 1.29. The number of likely N-dealkylation sites (tertiary alicyclic amines) is 1. The van der Waals surface area contributed by atoms with Gasteiger partial charge in [-0.1, -0.05) is 31.9 Å². The number of hydrogen-bond acceptors (Lipinski definition) is 3. The first-order valence-electron chi connectivity index (χ1n) is 10.6. The molecule has 2 aromatic rings. The van der Waals surface area contributed by atoms with Crippen molar-refractivity contribution in [2.24, 2.45) is 5.92 Å². The average molecular weight is 387 g/mol. The summed E-state index contributed by atoms with van der Waals surface area (Å²) in [4.78, 5) is 19.1. The van der Waals surface area contributed by atoms with E-state index in [2.05, 4.69) is 43.4 Å². The quantitative estimate of drug-likeness (QED) is 0.848. The molecule has 0 bridgehead atoms. The van der Waals surface area contributed by atoms with Gasteiger partial charge in [0.05, 0.1) is 28.3 Å². The number of para-hydroxylation sites is 1. The third kappa shape index (κ3) is 4.19. The fourth-order valence-corrected chi connectivity index (χ4v) is 5.89. The molecule has 0 radical (unpaired) electrons. The van der Waals surface area contributed by atoms with Crippen molar-refractivity contribution in [2.75, 3.05) is 13.1 Å². The Morgan fingerprint density at radius 3 is 2.67 bits per heavy atom. The number of rotatable bonds is 4. The molecule has 1 aromatic carbocycles. The molecular weight excluding hydrogens is 354 g/mol. The van der Waals surface area contributed by atoms with Gasteiger partial charge in [0.25, 0.3) is 5.91 Å². The number of benzene rings is 1. The number of quaternary nitrogens is 1. The highest BCUT2D eigenvalue weighted by atomic mass is 32.1. The summed E-state index contributed by atoms with van der Waals surface area (Å²) in [5.74, 6) is 1.43. The third-order valence-corrected chi connectivity index (χ3v) is 7.93. The molecule has 1 aromatic heterocycles. The number of nitrogens with zero attached hydrogens (tertiary/aromatic N) is 1. The summed E-state index contributed by atoms with van der Waals surface area (Å²) in [6.45, 7) is 6.52. The highest BCUT2D eigenvalue weighted by Gasteiger charge is 2.33. The van der Waals surface area contributed by atoms with Gasteiger partial charge in [-0.2, -0.15) is 0 Å². The zero-order valence-corrected chi connectivity index (χ0v) is 17.4. The fraction of sp³-hybridized carbons (Fsp3) is 0.636. The van der Waals surface area contributed by atoms with Crippen molar-refractivity contribution >= 4 is 27.5 Å². The van der Waals surface area contributed by atoms with Crippen LogP contribution >= 0.6 is 11.3 Å². The number of aromatic nitrogens is 1. The Balaban J connectivity index is 1.32. The standard InChI is InChI=1S/C22H31N3OS/c1-15-7-3-4-8-18(15)23-21(26)16(2)25-13-11-17(12-14-25)22-24-19-9-5-6-10-20(19)27-22/h5-6,9-10,15-18H,3-4,7-8,11-14H2,1-2H3,(H,23,26)/p+1/t15-,16+,18-/m0/s1. The van der Waals surface area contributed by atoms with E-state index >= 15 is 0 Å². The van der Waals surface area contributed by atoms with Crippen molar-refractivity contribution in [1.82, 2.24) is 10.3 Å². The number of carbonyl (C=O) groups is 1. The molecule has 2 heterocycles. The van der Waals surface area contributed by atoms with Crippen molar-refractivity contribution < 1.29 is 9.69 Å². The molecule has 5 heteroatoms. The summed E-state index contributed by atoms with van der Waals surface area (Å²) in [7, 11) is 0. The van der Waals surface area contributed by atoms with Gasteiger partial charge in [-0.15, -0.1) is 11.3 Å². The van der Waals surface area contributed by atoms with Gasteiger partial charge in [-0.05, 0) is 37.8 Å². The maximum Gasteiger partial charge on any atom is 0.278 e. The van der Waals surface area contributed by atoms with E-state index in [4.69, 9.17) is 4.98 Å². The Bertz CT molecular complexity index is 748. The van der Waals surface area contributed by atoms with Gasteiger partial charge in [0, 0.05) is 24.8 Å². The number of carbonyl (C=O) groups excluding carboxylic acids is 1. The van der Waals surface area contributed by atoms with Crippen molar-refractivity contribution in [2.45, 2.75) is 70.4 Å². The highest BCUT2D eigenvalue weighted by Crippen LogP contribution is 2.31. The predicted molar refractivity (Wildman–Crippen MR) is 111 cm³/mol. The van der Waals surface area contributed by atoms with Crippen LogP contribution in [0.3, 0.4) is 0 Å². The fourth-order valence-electron chi connectivity index (χ4n) is 4.76. The van der Waals surface area contributed by atoms with Crippen LogP contribution in [0.2, 0.25) is 0 Å². The lowest BCUT2D eigenvalue weighted by Crippen LogP contribution is -3.17.